The molecule has 1 N–H and O–H groups in total. The lowest BCUT2D eigenvalue weighted by molar-refractivity contribution is -0.117. The molecule has 29 heavy (non-hydrogen) atoms. The Morgan fingerprint density at radius 1 is 1.14 bits per heavy atom. The highest BCUT2D eigenvalue weighted by molar-refractivity contribution is 5.91. The Morgan fingerprint density at radius 2 is 2.00 bits per heavy atom. The van der Waals surface area contributed by atoms with E-state index in [-0.39, 0.29) is 18.0 Å². The number of aromatic nitrogens is 4. The summed E-state index contributed by atoms with van der Waals surface area (Å²) in [5.74, 6) is 0.496. The fourth-order valence-electron chi connectivity index (χ4n) is 4.72. The maximum absolute atomic E-state index is 12.5. The van der Waals surface area contributed by atoms with Gasteiger partial charge in [0.1, 0.15) is 12.4 Å². The minimum atomic E-state index is -0.283. The summed E-state index contributed by atoms with van der Waals surface area (Å²) in [5.41, 5.74) is 1.70. The maximum atomic E-state index is 12.5. The molecule has 150 valence electrons. The highest BCUT2D eigenvalue weighted by Gasteiger charge is 2.40. The quantitative estimate of drug-likeness (QED) is 0.737. The van der Waals surface area contributed by atoms with Crippen molar-refractivity contribution in [1.82, 2.24) is 19.4 Å². The van der Waals surface area contributed by atoms with Crippen LogP contribution in [-0.2, 0) is 11.3 Å². The Hall–Kier alpha value is -3.16. The largest absolute Gasteiger partial charge is 0.355 e. The first-order chi connectivity index (χ1) is 14.1. The molecule has 0 unspecified atom stereocenters. The Labute approximate surface area is 168 Å². The summed E-state index contributed by atoms with van der Waals surface area (Å²) in [6.07, 6.45) is 9.86. The predicted molar refractivity (Wildman–Crippen MR) is 110 cm³/mol. The van der Waals surface area contributed by atoms with E-state index in [1.807, 2.05) is 12.1 Å². The number of nitrogens with zero attached hydrogens (tertiary/aromatic N) is 5. The smallest absolute Gasteiger partial charge is 0.267 e. The number of carbonyl (C=O) groups is 1. The molecule has 1 aliphatic carbocycles. The van der Waals surface area contributed by atoms with E-state index in [0.29, 0.717) is 11.1 Å². The molecule has 0 radical (unpaired) electrons. The second-order valence-electron chi connectivity index (χ2n) is 8.23. The van der Waals surface area contributed by atoms with Crippen LogP contribution in [0.25, 0.3) is 5.52 Å². The first-order valence-corrected chi connectivity index (χ1v) is 10.2. The van der Waals surface area contributed by atoms with Crippen molar-refractivity contribution in [2.24, 2.45) is 5.41 Å². The van der Waals surface area contributed by atoms with Gasteiger partial charge in [0, 0.05) is 37.2 Å². The van der Waals surface area contributed by atoms with E-state index in [1.165, 1.54) is 42.9 Å². The molecule has 0 bridgehead atoms. The molecule has 4 heterocycles. The molecule has 3 aromatic rings. The standard InChI is InChI=1S/C21H24N6O2/c28-19(23-16-6-11-26-17(13-16)5-10-22-26)14-27-20(29)4-3-18(24-27)25-12-9-21(15-25)7-1-2-8-21/h3-6,10-11,13H,1-2,7-9,12,14-15H2,(H,23,28). The lowest BCUT2D eigenvalue weighted by atomic mass is 9.86. The lowest BCUT2D eigenvalue weighted by Crippen LogP contribution is -2.32. The molecule has 3 aromatic heterocycles. The van der Waals surface area contributed by atoms with Crippen molar-refractivity contribution < 1.29 is 4.79 Å². The molecule has 8 nitrogen and oxygen atoms in total. The molecule has 8 heteroatoms. The van der Waals surface area contributed by atoms with Gasteiger partial charge in [-0.15, -0.1) is 0 Å². The topological polar surface area (TPSA) is 84.5 Å². The second-order valence-corrected chi connectivity index (χ2v) is 8.23. The number of carbonyl (C=O) groups excluding carboxylic acids is 1. The van der Waals surface area contributed by atoms with Gasteiger partial charge in [0.2, 0.25) is 5.91 Å². The van der Waals surface area contributed by atoms with E-state index in [1.54, 1.807) is 29.0 Å². The molecule has 0 atom stereocenters. The van der Waals surface area contributed by atoms with Crippen LogP contribution in [0.2, 0.25) is 0 Å². The minimum Gasteiger partial charge on any atom is -0.355 e. The summed E-state index contributed by atoms with van der Waals surface area (Å²) < 4.78 is 2.97. The summed E-state index contributed by atoms with van der Waals surface area (Å²) in [6.45, 7) is 1.84. The lowest BCUT2D eigenvalue weighted by Gasteiger charge is -2.24. The highest BCUT2D eigenvalue weighted by Crippen LogP contribution is 2.45. The third kappa shape index (κ3) is 3.50. The minimum absolute atomic E-state index is 0.115. The molecule has 1 amide bonds. The van der Waals surface area contributed by atoms with Gasteiger partial charge in [0.05, 0.1) is 5.52 Å². The maximum Gasteiger partial charge on any atom is 0.267 e. The average molecular weight is 392 g/mol. The van der Waals surface area contributed by atoms with Crippen LogP contribution in [0, 0.1) is 5.41 Å². The van der Waals surface area contributed by atoms with Gasteiger partial charge >= 0.3 is 0 Å². The fourth-order valence-corrected chi connectivity index (χ4v) is 4.72. The van der Waals surface area contributed by atoms with E-state index in [4.69, 9.17) is 0 Å². The number of hydrogen-bond acceptors (Lipinski definition) is 5. The monoisotopic (exact) mass is 392 g/mol. The van der Waals surface area contributed by atoms with Crippen LogP contribution >= 0.6 is 0 Å². The SMILES string of the molecule is O=C(Cn1nc(N2CCC3(CCCC3)C2)ccc1=O)Nc1ccn2nccc2c1. The number of nitrogens with one attached hydrogen (secondary N) is 1. The van der Waals surface area contributed by atoms with Gasteiger partial charge in [-0.05, 0) is 48.9 Å². The Balaban J connectivity index is 1.29. The van der Waals surface area contributed by atoms with E-state index in [0.717, 1.165) is 24.4 Å². The zero-order valence-corrected chi connectivity index (χ0v) is 16.3. The van der Waals surface area contributed by atoms with E-state index in [9.17, 15) is 9.59 Å². The van der Waals surface area contributed by atoms with Crippen molar-refractivity contribution in [2.45, 2.75) is 38.6 Å². The third-order valence-corrected chi connectivity index (χ3v) is 6.26. The fraction of sp³-hybridized carbons (Fsp3) is 0.429. The molecule has 2 aliphatic rings. The molecule has 2 fully saturated rings. The average Bonchev–Trinajstić information content (AvgIpc) is 3.45. The first-order valence-electron chi connectivity index (χ1n) is 10.2. The number of fused-ring (bicyclic) bond motifs is 1. The molecule has 5 rings (SSSR count). The number of hydrogen-bond donors (Lipinski definition) is 1. The van der Waals surface area contributed by atoms with Crippen LogP contribution < -0.4 is 15.8 Å². The van der Waals surface area contributed by atoms with Crippen LogP contribution in [0.1, 0.15) is 32.1 Å². The van der Waals surface area contributed by atoms with E-state index in [2.05, 4.69) is 20.4 Å². The van der Waals surface area contributed by atoms with Crippen LogP contribution in [0.15, 0.2) is 47.5 Å². The van der Waals surface area contributed by atoms with Crippen LogP contribution in [-0.4, -0.2) is 38.4 Å². The Kier molecular flexibility index (Phi) is 4.34. The Bertz CT molecular complexity index is 1110. The van der Waals surface area contributed by atoms with Gasteiger partial charge in [-0.25, -0.2) is 9.20 Å². The summed E-state index contributed by atoms with van der Waals surface area (Å²) in [7, 11) is 0. The molecular weight excluding hydrogens is 368 g/mol. The zero-order chi connectivity index (χ0) is 19.8. The molecule has 0 aromatic carbocycles. The van der Waals surface area contributed by atoms with Crippen molar-refractivity contribution in [3.8, 4) is 0 Å². The number of pyridine rings is 1. The Morgan fingerprint density at radius 3 is 2.86 bits per heavy atom. The normalized spacial score (nSPS) is 18.0. The van der Waals surface area contributed by atoms with Crippen LogP contribution in [0.5, 0.6) is 0 Å². The predicted octanol–water partition coefficient (Wildman–Crippen LogP) is 2.30. The summed E-state index contributed by atoms with van der Waals surface area (Å²) in [5, 5.41) is 11.5. The molecule has 1 spiro atoms. The van der Waals surface area contributed by atoms with Crippen LogP contribution in [0.3, 0.4) is 0 Å². The van der Waals surface area contributed by atoms with Crippen molar-refractivity contribution in [3.05, 3.63) is 53.1 Å². The number of rotatable bonds is 4. The van der Waals surface area contributed by atoms with Crippen molar-refractivity contribution in [2.75, 3.05) is 23.3 Å². The van der Waals surface area contributed by atoms with Gasteiger partial charge in [0.15, 0.2) is 0 Å². The van der Waals surface area contributed by atoms with Gasteiger partial charge in [-0.2, -0.15) is 10.2 Å². The van der Waals surface area contributed by atoms with Gasteiger partial charge < -0.3 is 10.2 Å². The zero-order valence-electron chi connectivity index (χ0n) is 16.3. The van der Waals surface area contributed by atoms with Crippen LogP contribution in [0.4, 0.5) is 11.5 Å². The summed E-state index contributed by atoms with van der Waals surface area (Å²) >= 11 is 0. The molecule has 1 aliphatic heterocycles. The second kappa shape index (κ2) is 7.02. The first kappa shape index (κ1) is 17.9. The van der Waals surface area contributed by atoms with Crippen molar-refractivity contribution >= 4 is 22.9 Å². The molecule has 1 saturated carbocycles. The van der Waals surface area contributed by atoms with E-state index < -0.39 is 0 Å². The molecule has 1 saturated heterocycles. The summed E-state index contributed by atoms with van der Waals surface area (Å²) in [4.78, 5) is 27.0. The summed E-state index contributed by atoms with van der Waals surface area (Å²) in [6, 6.07) is 8.75. The van der Waals surface area contributed by atoms with Crippen molar-refractivity contribution in [3.63, 3.8) is 0 Å². The number of amides is 1. The van der Waals surface area contributed by atoms with Gasteiger partial charge in [0.25, 0.3) is 5.56 Å². The van der Waals surface area contributed by atoms with Gasteiger partial charge in [-0.1, -0.05) is 12.8 Å². The molecular formula is C21H24N6O2. The highest BCUT2D eigenvalue weighted by atomic mass is 16.2. The van der Waals surface area contributed by atoms with Gasteiger partial charge in [-0.3, -0.25) is 9.59 Å². The van der Waals surface area contributed by atoms with E-state index >= 15 is 0 Å². The van der Waals surface area contributed by atoms with Crippen molar-refractivity contribution in [1.29, 1.82) is 0 Å². The number of anilines is 2. The third-order valence-electron chi connectivity index (χ3n) is 6.26.